The van der Waals surface area contributed by atoms with Crippen molar-refractivity contribution in [3.8, 4) is 5.88 Å². The lowest BCUT2D eigenvalue weighted by molar-refractivity contribution is 0.0927. The van der Waals surface area contributed by atoms with Crippen molar-refractivity contribution in [2.45, 2.75) is 12.5 Å². The normalized spacial score (nSPS) is 16.1. The van der Waals surface area contributed by atoms with Gasteiger partial charge in [0, 0.05) is 19.7 Å². The Hall–Kier alpha value is -3.33. The van der Waals surface area contributed by atoms with Gasteiger partial charge in [0.15, 0.2) is 0 Å². The molecule has 0 unspecified atom stereocenters. The lowest BCUT2D eigenvalue weighted by Crippen LogP contribution is -2.48. The zero-order chi connectivity index (χ0) is 19.5. The zero-order valence-electron chi connectivity index (χ0n) is 15.1. The highest BCUT2D eigenvalue weighted by molar-refractivity contribution is 7.80. The fourth-order valence-electron chi connectivity index (χ4n) is 2.93. The zero-order valence-corrected chi connectivity index (χ0v) is 15.9. The van der Waals surface area contributed by atoms with Crippen molar-refractivity contribution in [2.75, 3.05) is 18.6 Å². The fraction of sp³-hybridized carbons (Fsp3) is 0.211. The monoisotopic (exact) mass is 394 g/mol. The number of hydrogen-bond donors (Lipinski definition) is 2. The number of carbonyl (C=O) groups excluding carboxylic acids is 1. The number of benzene rings is 1. The molecule has 28 heavy (non-hydrogen) atoms. The number of hydrogen-bond acceptors (Lipinski definition) is 6. The smallest absolute Gasteiger partial charge is 0.291 e. The topological polar surface area (TPSA) is 96.0 Å². The van der Waals surface area contributed by atoms with Crippen LogP contribution in [-0.2, 0) is 6.42 Å². The van der Waals surface area contributed by atoms with Crippen molar-refractivity contribution in [3.63, 3.8) is 0 Å². The molecule has 4 rings (SSSR count). The van der Waals surface area contributed by atoms with E-state index in [1.807, 2.05) is 49.5 Å². The van der Waals surface area contributed by atoms with Crippen molar-refractivity contribution in [3.05, 3.63) is 65.9 Å². The third kappa shape index (κ3) is 3.70. The van der Waals surface area contributed by atoms with E-state index in [1.165, 1.54) is 0 Å². The second-order valence-corrected chi connectivity index (χ2v) is 6.75. The molecule has 1 aliphatic rings. The summed E-state index contributed by atoms with van der Waals surface area (Å²) in [6, 6.07) is 13.0. The number of ether oxygens (including phenoxy) is 1. The molecule has 8 nitrogen and oxygen atoms in total. The molecule has 1 aromatic carbocycles. The molecule has 0 aliphatic carbocycles. The van der Waals surface area contributed by atoms with Crippen LogP contribution in [0.2, 0.25) is 0 Å². The average Bonchev–Trinajstić information content (AvgIpc) is 3.15. The van der Waals surface area contributed by atoms with Crippen LogP contribution in [0.25, 0.3) is 0 Å². The Morgan fingerprint density at radius 2 is 2.14 bits per heavy atom. The van der Waals surface area contributed by atoms with E-state index in [9.17, 15) is 4.79 Å². The van der Waals surface area contributed by atoms with Crippen LogP contribution in [-0.4, -0.2) is 50.8 Å². The van der Waals surface area contributed by atoms with Crippen LogP contribution >= 0.6 is 12.2 Å². The van der Waals surface area contributed by atoms with Gasteiger partial charge in [0.05, 0.1) is 0 Å². The number of H-pyrrole nitrogens is 1. The number of likely N-dealkylation sites (N-methyl/N-ethyl adjacent to an activating group) is 1. The minimum absolute atomic E-state index is 0.0660. The molecule has 142 valence electrons. The maximum atomic E-state index is 12.6. The summed E-state index contributed by atoms with van der Waals surface area (Å²) in [4.78, 5) is 23.4. The van der Waals surface area contributed by atoms with E-state index in [-0.39, 0.29) is 12.4 Å². The molecule has 0 bridgehead atoms. The minimum atomic E-state index is -0.502. The molecule has 3 heterocycles. The van der Waals surface area contributed by atoms with Gasteiger partial charge in [0.25, 0.3) is 5.91 Å². The molecule has 1 amide bonds. The quantitative estimate of drug-likeness (QED) is 0.651. The molecule has 0 saturated heterocycles. The van der Waals surface area contributed by atoms with Crippen molar-refractivity contribution >= 4 is 28.8 Å². The Labute approximate surface area is 167 Å². The molecule has 0 fully saturated rings. The van der Waals surface area contributed by atoms with Gasteiger partial charge in [0.2, 0.25) is 11.7 Å². The van der Waals surface area contributed by atoms with Crippen molar-refractivity contribution in [1.82, 2.24) is 25.5 Å². The fourth-order valence-corrected chi connectivity index (χ4v) is 3.15. The SMILES string of the molecule is CN1C(=S)[C@@H](NC(=O)c2n[nH]c(Cc3ccccc3)n2)COc2ncccc21. The first-order chi connectivity index (χ1) is 13.6. The van der Waals surface area contributed by atoms with Crippen LogP contribution in [0.4, 0.5) is 5.69 Å². The standard InChI is InChI=1S/C19H18N6O2S/c1-25-14-8-5-9-20-18(14)27-11-13(19(25)28)21-17(26)16-22-15(23-24-16)10-12-6-3-2-4-7-12/h2-9,13H,10-11H2,1H3,(H,21,26)(H,22,23,24)/t13-/m0/s1. The lowest BCUT2D eigenvalue weighted by atomic mass is 10.1. The first-order valence-electron chi connectivity index (χ1n) is 8.73. The summed E-state index contributed by atoms with van der Waals surface area (Å²) in [5.74, 6) is 0.743. The number of rotatable bonds is 4. The van der Waals surface area contributed by atoms with Gasteiger partial charge in [-0.2, -0.15) is 0 Å². The van der Waals surface area contributed by atoms with Crippen LogP contribution < -0.4 is 15.0 Å². The summed E-state index contributed by atoms with van der Waals surface area (Å²) in [6.07, 6.45) is 2.21. The third-order valence-electron chi connectivity index (χ3n) is 4.38. The van der Waals surface area contributed by atoms with Gasteiger partial charge in [-0.1, -0.05) is 42.5 Å². The summed E-state index contributed by atoms with van der Waals surface area (Å²) in [5, 5.41) is 9.69. The summed E-state index contributed by atoms with van der Waals surface area (Å²) >= 11 is 5.53. The third-order valence-corrected chi connectivity index (χ3v) is 4.94. The van der Waals surface area contributed by atoms with E-state index in [0.717, 1.165) is 11.3 Å². The second-order valence-electron chi connectivity index (χ2n) is 6.33. The summed E-state index contributed by atoms with van der Waals surface area (Å²) in [7, 11) is 1.82. The summed E-state index contributed by atoms with van der Waals surface area (Å²) in [5.41, 5.74) is 1.84. The molecule has 3 aromatic rings. The van der Waals surface area contributed by atoms with E-state index >= 15 is 0 Å². The van der Waals surface area contributed by atoms with Crippen LogP contribution in [0.15, 0.2) is 48.7 Å². The Morgan fingerprint density at radius 1 is 1.32 bits per heavy atom. The number of carbonyl (C=O) groups is 1. The highest BCUT2D eigenvalue weighted by Crippen LogP contribution is 2.27. The number of pyridine rings is 1. The number of amides is 1. The number of fused-ring (bicyclic) bond motifs is 1. The number of nitrogens with one attached hydrogen (secondary N) is 2. The van der Waals surface area contributed by atoms with E-state index < -0.39 is 11.9 Å². The number of aromatic nitrogens is 4. The summed E-state index contributed by atoms with van der Waals surface area (Å²) < 4.78 is 5.72. The Balaban J connectivity index is 1.45. The maximum Gasteiger partial charge on any atom is 0.291 e. The molecule has 2 aromatic heterocycles. The van der Waals surface area contributed by atoms with E-state index in [2.05, 4.69) is 25.5 Å². The first kappa shape index (κ1) is 18.1. The van der Waals surface area contributed by atoms with E-state index in [1.54, 1.807) is 11.1 Å². The average molecular weight is 394 g/mol. The van der Waals surface area contributed by atoms with E-state index in [4.69, 9.17) is 17.0 Å². The van der Waals surface area contributed by atoms with Crippen LogP contribution in [0, 0.1) is 0 Å². The Morgan fingerprint density at radius 3 is 2.96 bits per heavy atom. The van der Waals surface area contributed by atoms with Gasteiger partial charge < -0.3 is 15.0 Å². The van der Waals surface area contributed by atoms with Gasteiger partial charge in [-0.15, -0.1) is 5.10 Å². The molecule has 0 spiro atoms. The highest BCUT2D eigenvalue weighted by Gasteiger charge is 2.29. The number of nitrogens with zero attached hydrogens (tertiary/aromatic N) is 4. The highest BCUT2D eigenvalue weighted by atomic mass is 32.1. The van der Waals surface area contributed by atoms with Gasteiger partial charge in [-0.05, 0) is 17.7 Å². The van der Waals surface area contributed by atoms with Crippen molar-refractivity contribution in [2.24, 2.45) is 0 Å². The first-order valence-corrected chi connectivity index (χ1v) is 9.14. The molecule has 9 heteroatoms. The molecule has 0 saturated carbocycles. The molecule has 1 atom stereocenters. The second kappa shape index (κ2) is 7.73. The van der Waals surface area contributed by atoms with Gasteiger partial charge in [-0.25, -0.2) is 9.97 Å². The van der Waals surface area contributed by atoms with Crippen LogP contribution in [0.3, 0.4) is 0 Å². The largest absolute Gasteiger partial charge is 0.474 e. The maximum absolute atomic E-state index is 12.6. The van der Waals surface area contributed by atoms with Gasteiger partial charge >= 0.3 is 0 Å². The molecular formula is C19H18N6O2S. The predicted octanol–water partition coefficient (Wildman–Crippen LogP) is 1.75. The molecule has 0 radical (unpaired) electrons. The minimum Gasteiger partial charge on any atom is -0.474 e. The number of aromatic amines is 1. The molecule has 1 aliphatic heterocycles. The van der Waals surface area contributed by atoms with E-state index in [0.29, 0.717) is 23.1 Å². The molecule has 2 N–H and O–H groups in total. The lowest BCUT2D eigenvalue weighted by Gasteiger charge is -2.22. The molecular weight excluding hydrogens is 376 g/mol. The van der Waals surface area contributed by atoms with Crippen molar-refractivity contribution in [1.29, 1.82) is 0 Å². The number of anilines is 1. The van der Waals surface area contributed by atoms with Crippen LogP contribution in [0.5, 0.6) is 5.88 Å². The number of thiocarbonyl (C=S) groups is 1. The van der Waals surface area contributed by atoms with Crippen molar-refractivity contribution < 1.29 is 9.53 Å². The van der Waals surface area contributed by atoms with Gasteiger partial charge in [-0.3, -0.25) is 9.89 Å². The Kier molecular flexibility index (Phi) is 4.98. The summed E-state index contributed by atoms with van der Waals surface area (Å²) in [6.45, 7) is 0.181. The van der Waals surface area contributed by atoms with Crippen LogP contribution in [0.1, 0.15) is 22.0 Å². The predicted molar refractivity (Wildman–Crippen MR) is 108 cm³/mol. The Bertz CT molecular complexity index is 1010. The van der Waals surface area contributed by atoms with Gasteiger partial charge in [0.1, 0.15) is 29.1 Å².